The molecule has 4 N–H and O–H groups in total. The van der Waals surface area contributed by atoms with Gasteiger partial charge >= 0.3 is 0 Å². The Kier molecular flexibility index (Phi) is 6.72. The molecule has 7 heteroatoms. The number of hydrogen-bond donors (Lipinski definition) is 4. The maximum absolute atomic E-state index is 12.4. The highest BCUT2D eigenvalue weighted by Gasteiger charge is 2.29. The van der Waals surface area contributed by atoms with Crippen LogP contribution in [0.3, 0.4) is 0 Å². The van der Waals surface area contributed by atoms with Gasteiger partial charge in [-0.1, -0.05) is 6.07 Å². The van der Waals surface area contributed by atoms with Crippen LogP contribution in [0, 0.1) is 12.8 Å². The van der Waals surface area contributed by atoms with Crippen LogP contribution < -0.4 is 21.3 Å². The van der Waals surface area contributed by atoms with Crippen LogP contribution in [-0.2, 0) is 9.59 Å². The molecule has 0 heterocycles. The van der Waals surface area contributed by atoms with E-state index < -0.39 is 0 Å². The summed E-state index contributed by atoms with van der Waals surface area (Å²) in [4.78, 5) is 36.3. The van der Waals surface area contributed by atoms with E-state index in [1.54, 1.807) is 30.3 Å². The number of nitrogens with one attached hydrogen (secondary N) is 4. The summed E-state index contributed by atoms with van der Waals surface area (Å²) in [5.74, 6) is -0.174. The summed E-state index contributed by atoms with van der Waals surface area (Å²) in [5, 5.41) is 11.7. The fourth-order valence-electron chi connectivity index (χ4n) is 2.95. The Morgan fingerprint density at radius 1 is 0.967 bits per heavy atom. The van der Waals surface area contributed by atoms with Gasteiger partial charge in [0.2, 0.25) is 11.8 Å². The van der Waals surface area contributed by atoms with Crippen molar-refractivity contribution in [1.82, 2.24) is 5.32 Å². The first-order chi connectivity index (χ1) is 14.3. The van der Waals surface area contributed by atoms with Crippen molar-refractivity contribution < 1.29 is 14.4 Å². The topological polar surface area (TPSA) is 99.3 Å². The van der Waals surface area contributed by atoms with Crippen molar-refractivity contribution in [3.63, 3.8) is 0 Å². The molecule has 0 saturated heterocycles. The minimum absolute atomic E-state index is 0.0359. The number of hydrogen-bond acceptors (Lipinski definition) is 4. The lowest BCUT2D eigenvalue weighted by Crippen LogP contribution is -2.30. The van der Waals surface area contributed by atoms with Crippen LogP contribution in [0.15, 0.2) is 42.5 Å². The Morgan fingerprint density at radius 2 is 1.60 bits per heavy atom. The highest BCUT2D eigenvalue weighted by atomic mass is 16.2. The van der Waals surface area contributed by atoms with Crippen molar-refractivity contribution in [2.75, 3.05) is 22.5 Å². The molecule has 3 amide bonds. The van der Waals surface area contributed by atoms with Crippen LogP contribution in [0.5, 0.6) is 0 Å². The normalized spacial score (nSPS) is 12.9. The summed E-state index contributed by atoms with van der Waals surface area (Å²) < 4.78 is 0. The molecule has 2 aromatic carbocycles. The van der Waals surface area contributed by atoms with Gasteiger partial charge in [-0.2, -0.15) is 0 Å². The summed E-state index contributed by atoms with van der Waals surface area (Å²) in [6.07, 6.45) is 1.88. The molecule has 1 fully saturated rings. The molecule has 3 rings (SSSR count). The summed E-state index contributed by atoms with van der Waals surface area (Å²) >= 11 is 0. The molecule has 0 radical (unpaired) electrons. The number of anilines is 3. The van der Waals surface area contributed by atoms with E-state index in [-0.39, 0.29) is 36.2 Å². The lowest BCUT2D eigenvalue weighted by atomic mass is 10.1. The highest BCUT2D eigenvalue weighted by molar-refractivity contribution is 5.98. The summed E-state index contributed by atoms with van der Waals surface area (Å²) in [7, 11) is 0. The van der Waals surface area contributed by atoms with E-state index in [2.05, 4.69) is 21.3 Å². The first-order valence-electron chi connectivity index (χ1n) is 10.2. The van der Waals surface area contributed by atoms with Crippen LogP contribution in [0.4, 0.5) is 17.1 Å². The average molecular weight is 409 g/mol. The van der Waals surface area contributed by atoms with E-state index >= 15 is 0 Å². The largest absolute Gasteiger partial charge is 0.376 e. The van der Waals surface area contributed by atoms with Crippen molar-refractivity contribution in [2.24, 2.45) is 5.92 Å². The molecule has 0 spiro atoms. The average Bonchev–Trinajstić information content (AvgIpc) is 3.55. The van der Waals surface area contributed by atoms with Gasteiger partial charge in [-0.05, 0) is 75.6 Å². The second-order valence-electron chi connectivity index (χ2n) is 7.85. The van der Waals surface area contributed by atoms with Crippen LogP contribution in [0.2, 0.25) is 0 Å². The van der Waals surface area contributed by atoms with Gasteiger partial charge in [0.1, 0.15) is 0 Å². The zero-order valence-corrected chi connectivity index (χ0v) is 17.5. The van der Waals surface area contributed by atoms with Crippen LogP contribution in [0.1, 0.15) is 42.6 Å². The number of benzene rings is 2. The molecule has 1 aliphatic carbocycles. The maximum Gasteiger partial charge on any atom is 0.251 e. The minimum atomic E-state index is -0.203. The Labute approximate surface area is 176 Å². The lowest BCUT2D eigenvalue weighted by Gasteiger charge is -2.14. The van der Waals surface area contributed by atoms with Crippen LogP contribution in [-0.4, -0.2) is 30.3 Å². The molecule has 2 aromatic rings. The van der Waals surface area contributed by atoms with Gasteiger partial charge in [-0.3, -0.25) is 14.4 Å². The fraction of sp³-hybridized carbons (Fsp3) is 0.348. The Balaban J connectivity index is 1.53. The van der Waals surface area contributed by atoms with Crippen molar-refractivity contribution in [3.05, 3.63) is 53.6 Å². The zero-order valence-electron chi connectivity index (χ0n) is 17.5. The quantitative estimate of drug-likeness (QED) is 0.537. The molecule has 0 aromatic heterocycles. The van der Waals surface area contributed by atoms with E-state index in [1.165, 1.54) is 0 Å². The van der Waals surface area contributed by atoms with Crippen molar-refractivity contribution in [2.45, 2.75) is 39.7 Å². The molecule has 1 saturated carbocycles. The third kappa shape index (κ3) is 5.83. The first-order valence-corrected chi connectivity index (χ1v) is 10.2. The lowest BCUT2D eigenvalue weighted by molar-refractivity contribution is -0.117. The van der Waals surface area contributed by atoms with Crippen molar-refractivity contribution in [3.8, 4) is 0 Å². The van der Waals surface area contributed by atoms with E-state index in [1.807, 2.05) is 32.9 Å². The second kappa shape index (κ2) is 9.43. The SMILES string of the molecule is Cc1c(NC(=O)CNc2ccc(C(=O)NC(C)C)cc2)cccc1NC(=O)C1CC1. The summed E-state index contributed by atoms with van der Waals surface area (Å²) in [5.41, 5.74) is 3.51. The minimum Gasteiger partial charge on any atom is -0.376 e. The van der Waals surface area contributed by atoms with Gasteiger partial charge in [-0.25, -0.2) is 0 Å². The van der Waals surface area contributed by atoms with Gasteiger partial charge in [-0.15, -0.1) is 0 Å². The highest BCUT2D eigenvalue weighted by Crippen LogP contribution is 2.31. The van der Waals surface area contributed by atoms with Crippen LogP contribution in [0.25, 0.3) is 0 Å². The molecule has 0 aliphatic heterocycles. The van der Waals surface area contributed by atoms with E-state index in [9.17, 15) is 14.4 Å². The number of amides is 3. The Bertz CT molecular complexity index is 934. The zero-order chi connectivity index (χ0) is 21.7. The van der Waals surface area contributed by atoms with Gasteiger partial charge in [0, 0.05) is 34.6 Å². The van der Waals surface area contributed by atoms with Crippen molar-refractivity contribution >= 4 is 34.8 Å². The molecule has 1 aliphatic rings. The van der Waals surface area contributed by atoms with E-state index in [0.29, 0.717) is 16.9 Å². The van der Waals surface area contributed by atoms with Crippen molar-refractivity contribution in [1.29, 1.82) is 0 Å². The predicted molar refractivity (Wildman–Crippen MR) is 119 cm³/mol. The summed E-state index contributed by atoms with van der Waals surface area (Å²) in [6.45, 7) is 5.76. The number of carbonyl (C=O) groups excluding carboxylic acids is 3. The smallest absolute Gasteiger partial charge is 0.251 e. The second-order valence-corrected chi connectivity index (χ2v) is 7.85. The van der Waals surface area contributed by atoms with E-state index in [0.717, 1.165) is 24.1 Å². The third-order valence-electron chi connectivity index (χ3n) is 4.83. The first kappa shape index (κ1) is 21.4. The fourth-order valence-corrected chi connectivity index (χ4v) is 2.95. The Morgan fingerprint density at radius 3 is 2.20 bits per heavy atom. The molecule has 0 unspecified atom stereocenters. The molecule has 158 valence electrons. The molecule has 0 atom stereocenters. The number of carbonyl (C=O) groups is 3. The monoisotopic (exact) mass is 408 g/mol. The van der Waals surface area contributed by atoms with Crippen LogP contribution >= 0.6 is 0 Å². The predicted octanol–water partition coefficient (Wildman–Crippen LogP) is 3.53. The Hall–Kier alpha value is -3.35. The maximum atomic E-state index is 12.4. The van der Waals surface area contributed by atoms with Gasteiger partial charge in [0.15, 0.2) is 0 Å². The molecule has 0 bridgehead atoms. The summed E-state index contributed by atoms with van der Waals surface area (Å²) in [6, 6.07) is 12.5. The van der Waals surface area contributed by atoms with Gasteiger partial charge < -0.3 is 21.3 Å². The molecule has 7 nitrogen and oxygen atoms in total. The van der Waals surface area contributed by atoms with E-state index in [4.69, 9.17) is 0 Å². The molecule has 30 heavy (non-hydrogen) atoms. The number of rotatable bonds is 8. The standard InChI is InChI=1S/C23H28N4O3/c1-14(2)25-22(29)17-9-11-18(12-10-17)24-13-21(28)26-19-5-4-6-20(15(19)3)27-23(30)16-7-8-16/h4-6,9-12,14,16,24H,7-8,13H2,1-3H3,(H,25,29)(H,26,28)(H,27,30). The van der Waals surface area contributed by atoms with Gasteiger partial charge in [0.05, 0.1) is 6.54 Å². The third-order valence-corrected chi connectivity index (χ3v) is 4.83. The molecular weight excluding hydrogens is 380 g/mol. The molecular formula is C23H28N4O3. The van der Waals surface area contributed by atoms with Gasteiger partial charge in [0.25, 0.3) is 5.91 Å².